The highest BCUT2D eigenvalue weighted by molar-refractivity contribution is 6.42. The maximum atomic E-state index is 6.11. The third kappa shape index (κ3) is 2.87. The molecule has 2 heterocycles. The van der Waals surface area contributed by atoms with E-state index in [0.29, 0.717) is 28.3 Å². The Morgan fingerprint density at radius 1 is 1.17 bits per heavy atom. The Labute approximate surface area is 150 Å². The Bertz CT molecular complexity index is 781. The van der Waals surface area contributed by atoms with Gasteiger partial charge in [0.2, 0.25) is 11.7 Å². The largest absolute Gasteiger partial charge is 0.426 e. The summed E-state index contributed by atoms with van der Waals surface area (Å²) in [6.07, 6.45) is 7.08. The van der Waals surface area contributed by atoms with Gasteiger partial charge in [-0.3, -0.25) is 0 Å². The van der Waals surface area contributed by atoms with Gasteiger partial charge in [0.25, 0.3) is 0 Å². The highest BCUT2D eigenvalue weighted by atomic mass is 35.5. The summed E-state index contributed by atoms with van der Waals surface area (Å²) in [5, 5.41) is 8.13. The van der Waals surface area contributed by atoms with Crippen molar-refractivity contribution in [1.82, 2.24) is 10.3 Å². The van der Waals surface area contributed by atoms with Crippen molar-refractivity contribution in [1.29, 1.82) is 0 Å². The molecule has 0 unspecified atom stereocenters. The minimum atomic E-state index is -0.193. The van der Waals surface area contributed by atoms with Gasteiger partial charge in [0, 0.05) is 6.54 Å². The molecule has 2 aliphatic rings. The number of hydrogen-bond acceptors (Lipinski definition) is 5. The van der Waals surface area contributed by atoms with Gasteiger partial charge in [-0.15, -0.1) is 0 Å². The Morgan fingerprint density at radius 3 is 2.79 bits per heavy atom. The molecule has 1 aromatic heterocycles. The van der Waals surface area contributed by atoms with E-state index in [2.05, 4.69) is 15.6 Å². The van der Waals surface area contributed by atoms with Gasteiger partial charge in [-0.2, -0.15) is 4.98 Å². The Kier molecular flexibility index (Phi) is 4.14. The van der Waals surface area contributed by atoms with Crippen LogP contribution in [0.2, 0.25) is 10.0 Å². The van der Waals surface area contributed by atoms with Crippen molar-refractivity contribution < 1.29 is 4.42 Å². The molecule has 1 spiro atoms. The molecule has 1 aliphatic heterocycles. The first kappa shape index (κ1) is 15.8. The molecule has 0 amide bonds. The Balaban J connectivity index is 1.59. The van der Waals surface area contributed by atoms with E-state index in [-0.39, 0.29) is 5.54 Å². The van der Waals surface area contributed by atoms with Crippen molar-refractivity contribution in [3.05, 3.63) is 40.2 Å². The molecule has 1 aliphatic carbocycles. The first-order valence-electron chi connectivity index (χ1n) is 8.15. The van der Waals surface area contributed by atoms with Crippen molar-refractivity contribution >= 4 is 40.7 Å². The summed E-state index contributed by atoms with van der Waals surface area (Å²) >= 11 is 12.1. The lowest BCUT2D eigenvalue weighted by molar-refractivity contribution is 0.386. The summed E-state index contributed by atoms with van der Waals surface area (Å²) < 4.78 is 5.43. The quantitative estimate of drug-likeness (QED) is 0.792. The average molecular weight is 365 g/mol. The van der Waals surface area contributed by atoms with E-state index in [1.165, 1.54) is 25.7 Å². The number of benzene rings is 1. The molecule has 1 aromatic carbocycles. The Hall–Kier alpha value is -1.72. The molecule has 5 nitrogen and oxygen atoms in total. The lowest BCUT2D eigenvalue weighted by Gasteiger charge is -2.40. The molecule has 126 valence electrons. The molecular weight excluding hydrogens is 347 g/mol. The monoisotopic (exact) mass is 364 g/mol. The van der Waals surface area contributed by atoms with Crippen LogP contribution in [-0.4, -0.2) is 16.4 Å². The highest BCUT2D eigenvalue weighted by Crippen LogP contribution is 2.39. The van der Waals surface area contributed by atoms with E-state index in [1.807, 2.05) is 18.2 Å². The predicted octanol–water partition coefficient (Wildman–Crippen LogP) is 4.93. The number of hydrogen-bond donors (Lipinski definition) is 2. The summed E-state index contributed by atoms with van der Waals surface area (Å²) in [5.74, 6) is 2.19. The van der Waals surface area contributed by atoms with Gasteiger partial charge in [0.1, 0.15) is 5.84 Å². The molecule has 1 saturated carbocycles. The SMILES string of the molecule is Clc1ccc(CNC2=Nc3ncoc3NC23CCCCC3)cc1Cl. The zero-order valence-electron chi connectivity index (χ0n) is 13.1. The van der Waals surface area contributed by atoms with Crippen LogP contribution >= 0.6 is 23.2 Å². The third-order valence-electron chi connectivity index (χ3n) is 4.72. The van der Waals surface area contributed by atoms with Gasteiger partial charge in [0.15, 0.2) is 6.39 Å². The average Bonchev–Trinajstić information content (AvgIpc) is 3.03. The fourth-order valence-electron chi connectivity index (χ4n) is 3.46. The van der Waals surface area contributed by atoms with Crippen molar-refractivity contribution in [3.8, 4) is 0 Å². The van der Waals surface area contributed by atoms with Gasteiger partial charge in [-0.05, 0) is 30.5 Å². The summed E-state index contributed by atoms with van der Waals surface area (Å²) in [6.45, 7) is 0.631. The topological polar surface area (TPSA) is 62.5 Å². The number of amidine groups is 1. The van der Waals surface area contributed by atoms with E-state index < -0.39 is 0 Å². The number of aliphatic imine (C=N–C) groups is 1. The van der Waals surface area contributed by atoms with E-state index in [0.717, 1.165) is 24.2 Å². The first-order chi connectivity index (χ1) is 11.7. The zero-order valence-corrected chi connectivity index (χ0v) is 14.6. The van der Waals surface area contributed by atoms with Crippen molar-refractivity contribution in [2.75, 3.05) is 5.32 Å². The number of rotatable bonds is 2. The third-order valence-corrected chi connectivity index (χ3v) is 5.46. The number of halogens is 2. The normalized spacial score (nSPS) is 18.7. The summed E-state index contributed by atoms with van der Waals surface area (Å²) in [6, 6.07) is 5.66. The van der Waals surface area contributed by atoms with Crippen LogP contribution in [0.15, 0.2) is 34.0 Å². The van der Waals surface area contributed by atoms with Gasteiger partial charge < -0.3 is 15.1 Å². The molecule has 4 rings (SSSR count). The smallest absolute Gasteiger partial charge is 0.240 e. The van der Waals surface area contributed by atoms with Crippen LogP contribution in [0.1, 0.15) is 37.7 Å². The second-order valence-corrected chi connectivity index (χ2v) is 7.15. The minimum absolute atomic E-state index is 0.193. The van der Waals surface area contributed by atoms with Crippen LogP contribution in [0, 0.1) is 0 Å². The van der Waals surface area contributed by atoms with E-state index in [4.69, 9.17) is 32.6 Å². The Morgan fingerprint density at radius 2 is 2.00 bits per heavy atom. The molecule has 7 heteroatoms. The first-order valence-corrected chi connectivity index (χ1v) is 8.90. The second kappa shape index (κ2) is 6.30. The van der Waals surface area contributed by atoms with Crippen LogP contribution in [0.25, 0.3) is 0 Å². The van der Waals surface area contributed by atoms with Gasteiger partial charge in [-0.1, -0.05) is 48.5 Å². The zero-order chi connectivity index (χ0) is 16.6. The minimum Gasteiger partial charge on any atom is -0.426 e. The highest BCUT2D eigenvalue weighted by Gasteiger charge is 2.41. The lowest BCUT2D eigenvalue weighted by Crippen LogP contribution is -2.54. The maximum Gasteiger partial charge on any atom is 0.240 e. The van der Waals surface area contributed by atoms with Gasteiger partial charge >= 0.3 is 0 Å². The summed E-state index contributed by atoms with van der Waals surface area (Å²) in [5.41, 5.74) is 0.866. The maximum absolute atomic E-state index is 6.11. The second-order valence-electron chi connectivity index (χ2n) is 6.34. The summed E-state index contributed by atoms with van der Waals surface area (Å²) in [7, 11) is 0. The van der Waals surface area contributed by atoms with Crippen LogP contribution in [-0.2, 0) is 6.54 Å². The standard InChI is InChI=1S/C17H18Cl2N4O/c18-12-5-4-11(8-13(12)19)9-20-16-17(6-2-1-3-7-17)23-15-14(22-16)21-10-24-15/h4-5,8,10,23H,1-3,6-7,9H2,(H,20,22). The van der Waals surface area contributed by atoms with Crippen LogP contribution in [0.5, 0.6) is 0 Å². The van der Waals surface area contributed by atoms with Crippen molar-refractivity contribution in [2.24, 2.45) is 4.99 Å². The molecule has 24 heavy (non-hydrogen) atoms. The van der Waals surface area contributed by atoms with Crippen LogP contribution in [0.4, 0.5) is 11.7 Å². The molecular formula is C17H18Cl2N4O. The summed E-state index contributed by atoms with van der Waals surface area (Å²) in [4.78, 5) is 8.89. The van der Waals surface area contributed by atoms with Crippen LogP contribution in [0.3, 0.4) is 0 Å². The number of fused-ring (bicyclic) bond motifs is 1. The number of oxazole rings is 1. The lowest BCUT2D eigenvalue weighted by atomic mass is 9.80. The van der Waals surface area contributed by atoms with Crippen molar-refractivity contribution in [3.63, 3.8) is 0 Å². The molecule has 0 radical (unpaired) electrons. The molecule has 2 aromatic rings. The van der Waals surface area contributed by atoms with Gasteiger partial charge in [0.05, 0.1) is 15.6 Å². The molecule has 1 fully saturated rings. The number of aromatic nitrogens is 1. The molecule has 0 atom stereocenters. The van der Waals surface area contributed by atoms with Crippen molar-refractivity contribution in [2.45, 2.75) is 44.2 Å². The molecule has 2 N–H and O–H groups in total. The van der Waals surface area contributed by atoms with Crippen LogP contribution < -0.4 is 10.6 Å². The number of nitrogens with zero attached hydrogens (tertiary/aromatic N) is 2. The van der Waals surface area contributed by atoms with Gasteiger partial charge in [-0.25, -0.2) is 4.99 Å². The number of anilines is 1. The van der Waals surface area contributed by atoms with E-state index in [1.54, 1.807) is 0 Å². The molecule has 0 saturated heterocycles. The fraction of sp³-hybridized carbons (Fsp3) is 0.412. The van der Waals surface area contributed by atoms with E-state index >= 15 is 0 Å². The predicted molar refractivity (Wildman–Crippen MR) is 96.3 cm³/mol. The van der Waals surface area contributed by atoms with E-state index in [9.17, 15) is 0 Å². The molecule has 0 bridgehead atoms. The fourth-order valence-corrected chi connectivity index (χ4v) is 3.78. The number of nitrogens with one attached hydrogen (secondary N) is 2.